The SMILES string of the molecule is C=CCSc1ncccc1C(=O)N1CCC(c2nc(C(=O)N(CCC#N)Cc3cccnc3)cs2)CC1. The Balaban J connectivity index is 1.38. The van der Waals surface area contributed by atoms with Crippen LogP contribution in [-0.2, 0) is 6.54 Å². The van der Waals surface area contributed by atoms with Gasteiger partial charge in [0, 0.05) is 61.8 Å². The number of piperidine rings is 1. The van der Waals surface area contributed by atoms with Crippen LogP contribution in [0, 0.1) is 11.3 Å². The Hall–Kier alpha value is -3.55. The summed E-state index contributed by atoms with van der Waals surface area (Å²) in [4.78, 5) is 43.1. The Bertz CT molecular complexity index is 1270. The Morgan fingerprint density at radius 1 is 1.27 bits per heavy atom. The summed E-state index contributed by atoms with van der Waals surface area (Å²) in [6.07, 6.45) is 8.74. The second-order valence-corrected chi connectivity index (χ2v) is 10.5. The fourth-order valence-corrected chi connectivity index (χ4v) is 5.88. The van der Waals surface area contributed by atoms with Gasteiger partial charge in [0.05, 0.1) is 23.1 Å². The van der Waals surface area contributed by atoms with Gasteiger partial charge in [-0.05, 0) is 36.6 Å². The fraction of sp³-hybridized carbons (Fsp3) is 0.333. The third-order valence-electron chi connectivity index (χ3n) is 6.09. The molecule has 0 spiro atoms. The topological polar surface area (TPSA) is 103 Å². The maximum Gasteiger partial charge on any atom is 0.273 e. The van der Waals surface area contributed by atoms with E-state index in [1.165, 1.54) is 23.1 Å². The van der Waals surface area contributed by atoms with Crippen LogP contribution in [-0.4, -0.2) is 62.0 Å². The summed E-state index contributed by atoms with van der Waals surface area (Å²) in [6.45, 7) is 5.71. The van der Waals surface area contributed by atoms with Gasteiger partial charge in [0.2, 0.25) is 0 Å². The van der Waals surface area contributed by atoms with Crippen molar-refractivity contribution >= 4 is 34.9 Å². The van der Waals surface area contributed by atoms with Crippen LogP contribution >= 0.6 is 23.1 Å². The molecule has 3 aromatic rings. The van der Waals surface area contributed by atoms with E-state index in [2.05, 4.69) is 27.6 Å². The molecule has 2 amide bonds. The molecule has 0 aromatic carbocycles. The number of likely N-dealkylation sites (tertiary alicyclic amines) is 1. The van der Waals surface area contributed by atoms with Crippen LogP contribution in [0.3, 0.4) is 0 Å². The highest BCUT2D eigenvalue weighted by atomic mass is 32.2. The van der Waals surface area contributed by atoms with E-state index >= 15 is 0 Å². The van der Waals surface area contributed by atoms with E-state index < -0.39 is 0 Å². The highest BCUT2D eigenvalue weighted by Crippen LogP contribution is 2.32. The first kappa shape index (κ1) is 26.5. The number of carbonyl (C=O) groups excluding carboxylic acids is 2. The Kier molecular flexibility index (Phi) is 9.40. The van der Waals surface area contributed by atoms with E-state index in [4.69, 9.17) is 5.26 Å². The van der Waals surface area contributed by atoms with E-state index in [1.54, 1.807) is 41.0 Å². The van der Waals surface area contributed by atoms with Crippen molar-refractivity contribution in [3.8, 4) is 6.07 Å². The van der Waals surface area contributed by atoms with Crippen LogP contribution in [0.4, 0.5) is 0 Å². The van der Waals surface area contributed by atoms with Crippen molar-refractivity contribution < 1.29 is 9.59 Å². The van der Waals surface area contributed by atoms with Crippen LogP contribution in [0.25, 0.3) is 0 Å². The summed E-state index contributed by atoms with van der Waals surface area (Å²) < 4.78 is 0. The lowest BCUT2D eigenvalue weighted by Crippen LogP contribution is -2.38. The smallest absolute Gasteiger partial charge is 0.273 e. The fourth-order valence-electron chi connectivity index (χ4n) is 4.19. The molecule has 3 aromatic heterocycles. The minimum absolute atomic E-state index is 0.00310. The summed E-state index contributed by atoms with van der Waals surface area (Å²) in [6, 6.07) is 9.48. The lowest BCUT2D eigenvalue weighted by Gasteiger charge is -2.31. The van der Waals surface area contributed by atoms with E-state index in [0.717, 1.165) is 28.4 Å². The predicted octanol–water partition coefficient (Wildman–Crippen LogP) is 4.79. The third-order valence-corrected chi connectivity index (χ3v) is 8.10. The Labute approximate surface area is 225 Å². The van der Waals surface area contributed by atoms with Crippen LogP contribution in [0.1, 0.15) is 56.6 Å². The molecule has 1 aliphatic rings. The van der Waals surface area contributed by atoms with Gasteiger partial charge in [-0.2, -0.15) is 5.26 Å². The van der Waals surface area contributed by atoms with Gasteiger partial charge in [-0.3, -0.25) is 14.6 Å². The number of hydrogen-bond acceptors (Lipinski definition) is 8. The molecule has 0 bridgehead atoms. The molecular weight excluding hydrogens is 504 g/mol. The van der Waals surface area contributed by atoms with Crippen molar-refractivity contribution in [3.63, 3.8) is 0 Å². The highest BCUT2D eigenvalue weighted by Gasteiger charge is 2.29. The molecule has 10 heteroatoms. The molecular formula is C27H28N6O2S2. The molecule has 0 atom stereocenters. The molecule has 0 radical (unpaired) electrons. The highest BCUT2D eigenvalue weighted by molar-refractivity contribution is 7.99. The summed E-state index contributed by atoms with van der Waals surface area (Å²) in [5.74, 6) is 0.706. The predicted molar refractivity (Wildman–Crippen MR) is 144 cm³/mol. The van der Waals surface area contributed by atoms with E-state index in [-0.39, 0.29) is 24.2 Å². The van der Waals surface area contributed by atoms with Gasteiger partial charge >= 0.3 is 0 Å². The first-order chi connectivity index (χ1) is 18.1. The molecule has 0 aliphatic carbocycles. The van der Waals surface area contributed by atoms with Crippen molar-refractivity contribution in [3.05, 3.63) is 82.7 Å². The van der Waals surface area contributed by atoms with Crippen LogP contribution in [0.15, 0.2) is 65.9 Å². The van der Waals surface area contributed by atoms with Gasteiger partial charge < -0.3 is 9.80 Å². The van der Waals surface area contributed by atoms with Gasteiger partial charge in [0.1, 0.15) is 10.7 Å². The van der Waals surface area contributed by atoms with E-state index in [9.17, 15) is 9.59 Å². The third kappa shape index (κ3) is 6.81. The second-order valence-electron chi connectivity index (χ2n) is 8.59. The summed E-state index contributed by atoms with van der Waals surface area (Å²) in [5.41, 5.74) is 1.93. The molecule has 1 fully saturated rings. The van der Waals surface area contributed by atoms with Gasteiger partial charge in [-0.15, -0.1) is 29.7 Å². The van der Waals surface area contributed by atoms with E-state index in [0.29, 0.717) is 43.2 Å². The number of carbonyl (C=O) groups is 2. The second kappa shape index (κ2) is 13.1. The van der Waals surface area contributed by atoms with Crippen molar-refractivity contribution in [1.82, 2.24) is 24.8 Å². The first-order valence-corrected chi connectivity index (χ1v) is 14.0. The van der Waals surface area contributed by atoms with Crippen LogP contribution in [0.5, 0.6) is 0 Å². The number of nitriles is 1. The molecule has 190 valence electrons. The average Bonchev–Trinajstić information content (AvgIpc) is 3.44. The summed E-state index contributed by atoms with van der Waals surface area (Å²) in [5, 5.41) is 12.5. The molecule has 0 N–H and O–H groups in total. The summed E-state index contributed by atoms with van der Waals surface area (Å²) >= 11 is 2.99. The number of amides is 2. The molecule has 0 unspecified atom stereocenters. The number of rotatable bonds is 10. The van der Waals surface area contributed by atoms with Crippen molar-refractivity contribution in [1.29, 1.82) is 5.26 Å². The number of hydrogen-bond donors (Lipinski definition) is 0. The van der Waals surface area contributed by atoms with Crippen LogP contribution < -0.4 is 0 Å². The zero-order chi connectivity index (χ0) is 26.0. The van der Waals surface area contributed by atoms with Gasteiger partial charge in [0.25, 0.3) is 11.8 Å². The van der Waals surface area contributed by atoms with Crippen LogP contribution in [0.2, 0.25) is 0 Å². The van der Waals surface area contributed by atoms with Crippen molar-refractivity contribution in [2.75, 3.05) is 25.4 Å². The Morgan fingerprint density at radius 2 is 2.08 bits per heavy atom. The lowest BCUT2D eigenvalue weighted by molar-refractivity contribution is 0.0708. The number of pyridine rings is 2. The van der Waals surface area contributed by atoms with E-state index in [1.807, 2.05) is 23.1 Å². The largest absolute Gasteiger partial charge is 0.339 e. The molecule has 1 saturated heterocycles. The molecule has 37 heavy (non-hydrogen) atoms. The molecule has 4 rings (SSSR count). The van der Waals surface area contributed by atoms with Gasteiger partial charge in [0.15, 0.2) is 0 Å². The average molecular weight is 533 g/mol. The number of thioether (sulfide) groups is 1. The monoisotopic (exact) mass is 532 g/mol. The number of aromatic nitrogens is 3. The Morgan fingerprint density at radius 3 is 2.81 bits per heavy atom. The molecule has 4 heterocycles. The molecule has 0 saturated carbocycles. The van der Waals surface area contributed by atoms with Crippen molar-refractivity contribution in [2.24, 2.45) is 0 Å². The zero-order valence-electron chi connectivity index (χ0n) is 20.5. The number of thiazole rings is 1. The molecule has 8 nitrogen and oxygen atoms in total. The maximum atomic E-state index is 13.2. The normalized spacial score (nSPS) is 13.6. The lowest BCUT2D eigenvalue weighted by atomic mass is 9.97. The maximum absolute atomic E-state index is 13.2. The minimum Gasteiger partial charge on any atom is -0.339 e. The minimum atomic E-state index is -0.185. The summed E-state index contributed by atoms with van der Waals surface area (Å²) in [7, 11) is 0. The van der Waals surface area contributed by atoms with Gasteiger partial charge in [-0.25, -0.2) is 9.97 Å². The zero-order valence-corrected chi connectivity index (χ0v) is 22.1. The van der Waals surface area contributed by atoms with Gasteiger partial charge in [-0.1, -0.05) is 12.1 Å². The first-order valence-electron chi connectivity index (χ1n) is 12.1. The van der Waals surface area contributed by atoms with Crippen molar-refractivity contribution in [2.45, 2.75) is 36.8 Å². The molecule has 1 aliphatic heterocycles. The quantitative estimate of drug-likeness (QED) is 0.273. The number of nitrogens with zero attached hydrogens (tertiary/aromatic N) is 6. The standard InChI is InChI=1S/C27H28N6O2S2/c1-2-16-36-25-22(7-4-12-30-25)26(34)32-14-8-21(9-15-32)24-31-23(19-37-24)27(35)33(13-5-10-28)18-20-6-3-11-29-17-20/h2-4,6-7,11-12,17,19,21H,1,5,8-9,13-16,18H2.